The first-order chi connectivity index (χ1) is 15.2. The highest BCUT2D eigenvalue weighted by Gasteiger charge is 2.17. The molecule has 0 saturated heterocycles. The van der Waals surface area contributed by atoms with Crippen LogP contribution in [0.2, 0.25) is 0 Å². The molecule has 2 N–H and O–H groups in total. The molecule has 0 aromatic heterocycles. The molecule has 0 heterocycles. The highest BCUT2D eigenvalue weighted by Crippen LogP contribution is 2.29. The van der Waals surface area contributed by atoms with E-state index in [-0.39, 0.29) is 12.7 Å². The zero-order valence-corrected chi connectivity index (χ0v) is 18.7. The molecule has 1 aliphatic carbocycles. The number of aliphatic hydroxyl groups is 1. The summed E-state index contributed by atoms with van der Waals surface area (Å²) in [6.07, 6.45) is 7.64. The van der Waals surface area contributed by atoms with Crippen molar-refractivity contribution >= 4 is 0 Å². The van der Waals surface area contributed by atoms with Crippen LogP contribution in [-0.2, 0) is 4.74 Å². The van der Waals surface area contributed by atoms with Gasteiger partial charge in [-0.25, -0.2) is 0 Å². The van der Waals surface area contributed by atoms with E-state index in [2.05, 4.69) is 11.4 Å². The van der Waals surface area contributed by atoms with Crippen molar-refractivity contribution in [3.63, 3.8) is 0 Å². The predicted octanol–water partition coefficient (Wildman–Crippen LogP) is 4.65. The minimum atomic E-state index is -0.570. The van der Waals surface area contributed by atoms with E-state index in [1.165, 1.54) is 25.7 Å². The zero-order chi connectivity index (χ0) is 21.9. The highest BCUT2D eigenvalue weighted by molar-refractivity contribution is 5.36. The van der Waals surface area contributed by atoms with Crippen LogP contribution in [0, 0.1) is 0 Å². The third kappa shape index (κ3) is 7.39. The summed E-state index contributed by atoms with van der Waals surface area (Å²) in [4.78, 5) is 0. The Morgan fingerprint density at radius 1 is 0.903 bits per heavy atom. The number of hydrogen-bond acceptors (Lipinski definition) is 5. The molecule has 0 fully saturated rings. The average molecular weight is 426 g/mol. The SMILES string of the molecule is COc1ccc(C(OC[C@@H](O)CNCCC2=CCCCC2)c2ccc(OC)cc2)cc1. The molecule has 0 saturated carbocycles. The first kappa shape index (κ1) is 23.3. The second kappa shape index (κ2) is 12.5. The van der Waals surface area contributed by atoms with Crippen LogP contribution in [0.25, 0.3) is 0 Å². The average Bonchev–Trinajstić information content (AvgIpc) is 2.83. The van der Waals surface area contributed by atoms with Crippen LogP contribution < -0.4 is 14.8 Å². The smallest absolute Gasteiger partial charge is 0.118 e. The molecule has 0 aliphatic heterocycles. The summed E-state index contributed by atoms with van der Waals surface area (Å²) in [7, 11) is 3.31. The lowest BCUT2D eigenvalue weighted by Gasteiger charge is -2.22. The fraction of sp³-hybridized carbons (Fsp3) is 0.462. The number of aliphatic hydroxyl groups excluding tert-OH is 1. The second-order valence-corrected chi connectivity index (χ2v) is 7.98. The fourth-order valence-electron chi connectivity index (χ4n) is 3.86. The van der Waals surface area contributed by atoms with E-state index in [1.54, 1.807) is 19.8 Å². The van der Waals surface area contributed by atoms with Gasteiger partial charge in [-0.3, -0.25) is 0 Å². The van der Waals surface area contributed by atoms with Crippen LogP contribution in [0.3, 0.4) is 0 Å². The first-order valence-corrected chi connectivity index (χ1v) is 11.2. The Kier molecular flexibility index (Phi) is 9.40. The van der Waals surface area contributed by atoms with E-state index in [0.29, 0.717) is 6.54 Å². The summed E-state index contributed by atoms with van der Waals surface area (Å²) in [5, 5.41) is 13.8. The Labute approximate surface area is 186 Å². The van der Waals surface area contributed by atoms with E-state index >= 15 is 0 Å². The van der Waals surface area contributed by atoms with Gasteiger partial charge in [-0.15, -0.1) is 0 Å². The fourth-order valence-corrected chi connectivity index (χ4v) is 3.86. The number of benzene rings is 2. The summed E-state index contributed by atoms with van der Waals surface area (Å²) >= 11 is 0. The van der Waals surface area contributed by atoms with Crippen molar-refractivity contribution < 1.29 is 19.3 Å². The summed E-state index contributed by atoms with van der Waals surface area (Å²) in [6, 6.07) is 15.7. The molecular weight excluding hydrogens is 390 g/mol. The van der Waals surface area contributed by atoms with E-state index in [9.17, 15) is 5.11 Å². The standard InChI is InChI=1S/C26H35NO4/c1-29-24-12-8-21(9-13-24)26(22-10-14-25(30-2)15-11-22)31-19-23(28)18-27-17-16-20-6-4-3-5-7-20/h6,8-15,23,26-28H,3-5,7,16-19H2,1-2H3/t23-/m0/s1. The van der Waals surface area contributed by atoms with Crippen LogP contribution in [0.4, 0.5) is 0 Å². The number of rotatable bonds is 12. The molecule has 2 aromatic carbocycles. The number of hydrogen-bond donors (Lipinski definition) is 2. The van der Waals surface area contributed by atoms with E-state index in [4.69, 9.17) is 14.2 Å². The van der Waals surface area contributed by atoms with Crippen molar-refractivity contribution in [2.45, 2.75) is 44.3 Å². The minimum absolute atomic E-state index is 0.248. The molecule has 0 bridgehead atoms. The summed E-state index contributed by atoms with van der Waals surface area (Å²) in [5.41, 5.74) is 3.56. The molecule has 168 valence electrons. The Morgan fingerprint density at radius 3 is 2.03 bits per heavy atom. The van der Waals surface area contributed by atoms with Crippen molar-refractivity contribution in [1.82, 2.24) is 5.32 Å². The molecule has 5 heteroatoms. The largest absolute Gasteiger partial charge is 0.497 e. The topological polar surface area (TPSA) is 60.0 Å². The van der Waals surface area contributed by atoms with Gasteiger partial charge in [0.1, 0.15) is 17.6 Å². The van der Waals surface area contributed by atoms with Crippen LogP contribution in [0.15, 0.2) is 60.2 Å². The van der Waals surface area contributed by atoms with Gasteiger partial charge in [0, 0.05) is 6.54 Å². The Morgan fingerprint density at radius 2 is 1.52 bits per heavy atom. The summed E-state index contributed by atoms with van der Waals surface area (Å²) in [6.45, 7) is 1.66. The number of ether oxygens (including phenoxy) is 3. The van der Waals surface area contributed by atoms with Crippen molar-refractivity contribution in [2.75, 3.05) is 33.9 Å². The lowest BCUT2D eigenvalue weighted by Crippen LogP contribution is -2.31. The number of nitrogens with one attached hydrogen (secondary N) is 1. The van der Waals surface area contributed by atoms with Gasteiger partial charge >= 0.3 is 0 Å². The molecule has 0 radical (unpaired) electrons. The van der Waals surface area contributed by atoms with Gasteiger partial charge in [0.2, 0.25) is 0 Å². The van der Waals surface area contributed by atoms with Gasteiger partial charge < -0.3 is 24.6 Å². The van der Waals surface area contributed by atoms with Gasteiger partial charge in [-0.2, -0.15) is 0 Å². The van der Waals surface area contributed by atoms with Crippen molar-refractivity contribution in [3.05, 3.63) is 71.3 Å². The normalized spacial score (nSPS) is 14.9. The molecule has 0 amide bonds. The van der Waals surface area contributed by atoms with Gasteiger partial charge in [0.25, 0.3) is 0 Å². The van der Waals surface area contributed by atoms with Crippen molar-refractivity contribution in [1.29, 1.82) is 0 Å². The van der Waals surface area contributed by atoms with E-state index in [0.717, 1.165) is 35.6 Å². The Hall–Kier alpha value is -2.34. The summed E-state index contributed by atoms with van der Waals surface area (Å²) in [5.74, 6) is 1.60. The van der Waals surface area contributed by atoms with Crippen LogP contribution in [0.1, 0.15) is 49.3 Å². The van der Waals surface area contributed by atoms with Crippen molar-refractivity contribution in [3.8, 4) is 11.5 Å². The van der Waals surface area contributed by atoms with Gasteiger partial charge in [0.15, 0.2) is 0 Å². The zero-order valence-electron chi connectivity index (χ0n) is 18.7. The molecule has 0 spiro atoms. The lowest BCUT2D eigenvalue weighted by atomic mass is 9.97. The molecule has 2 aromatic rings. The molecule has 5 nitrogen and oxygen atoms in total. The van der Waals surface area contributed by atoms with Gasteiger partial charge in [-0.1, -0.05) is 35.9 Å². The first-order valence-electron chi connectivity index (χ1n) is 11.2. The molecule has 3 rings (SSSR count). The number of allylic oxidation sites excluding steroid dienone is 1. The molecule has 31 heavy (non-hydrogen) atoms. The second-order valence-electron chi connectivity index (χ2n) is 7.98. The highest BCUT2D eigenvalue weighted by atomic mass is 16.5. The maximum atomic E-state index is 10.5. The maximum Gasteiger partial charge on any atom is 0.118 e. The van der Waals surface area contributed by atoms with Crippen molar-refractivity contribution in [2.24, 2.45) is 0 Å². The van der Waals surface area contributed by atoms with Crippen LogP contribution in [-0.4, -0.2) is 45.1 Å². The van der Waals surface area contributed by atoms with E-state index in [1.807, 2.05) is 48.5 Å². The van der Waals surface area contributed by atoms with E-state index < -0.39 is 6.10 Å². The van der Waals surface area contributed by atoms with Gasteiger partial charge in [-0.05, 0) is 74.0 Å². The third-order valence-corrected chi connectivity index (χ3v) is 5.68. The molecule has 1 aliphatic rings. The minimum Gasteiger partial charge on any atom is -0.497 e. The monoisotopic (exact) mass is 425 g/mol. The number of methoxy groups -OCH3 is 2. The third-order valence-electron chi connectivity index (χ3n) is 5.68. The molecule has 1 atom stereocenters. The maximum absolute atomic E-state index is 10.5. The summed E-state index contributed by atoms with van der Waals surface area (Å²) < 4.78 is 16.7. The Balaban J connectivity index is 1.55. The Bertz CT molecular complexity index is 754. The van der Waals surface area contributed by atoms with Gasteiger partial charge in [0.05, 0.1) is 26.9 Å². The quantitative estimate of drug-likeness (QED) is 0.383. The molecular formula is C26H35NO4. The predicted molar refractivity (Wildman–Crippen MR) is 124 cm³/mol. The molecule has 0 unspecified atom stereocenters. The lowest BCUT2D eigenvalue weighted by molar-refractivity contribution is 0.00667. The van der Waals surface area contributed by atoms with Crippen LogP contribution >= 0.6 is 0 Å². The van der Waals surface area contributed by atoms with Crippen LogP contribution in [0.5, 0.6) is 11.5 Å².